The van der Waals surface area contributed by atoms with Crippen LogP contribution in [-0.2, 0) is 4.79 Å². The standard InChI is InChI=1S/C16H22N4O/c1-3-9-19-11-8-16(15(19)21)7-4-10-20(12-16)14-6-5-13(2)17-18-14/h3,5-6H,1,4,7-12H2,2H3/t16-/m1/s1. The zero-order valence-electron chi connectivity index (χ0n) is 12.6. The lowest BCUT2D eigenvalue weighted by Crippen LogP contribution is -2.48. The van der Waals surface area contributed by atoms with Crippen molar-refractivity contribution in [2.45, 2.75) is 26.2 Å². The molecule has 1 amide bonds. The maximum Gasteiger partial charge on any atom is 0.230 e. The van der Waals surface area contributed by atoms with Gasteiger partial charge in [0, 0.05) is 26.2 Å². The van der Waals surface area contributed by atoms with Gasteiger partial charge in [-0.3, -0.25) is 4.79 Å². The monoisotopic (exact) mass is 286 g/mol. The summed E-state index contributed by atoms with van der Waals surface area (Å²) in [7, 11) is 0. The second-order valence-corrected chi connectivity index (χ2v) is 6.13. The molecule has 0 aromatic carbocycles. The molecular weight excluding hydrogens is 264 g/mol. The van der Waals surface area contributed by atoms with Crippen molar-refractivity contribution in [1.82, 2.24) is 15.1 Å². The van der Waals surface area contributed by atoms with Crippen molar-refractivity contribution in [3.05, 3.63) is 30.5 Å². The van der Waals surface area contributed by atoms with Crippen molar-refractivity contribution in [3.63, 3.8) is 0 Å². The largest absolute Gasteiger partial charge is 0.354 e. The number of likely N-dealkylation sites (tertiary alicyclic amines) is 1. The highest BCUT2D eigenvalue weighted by molar-refractivity contribution is 5.86. The van der Waals surface area contributed by atoms with Crippen molar-refractivity contribution in [2.75, 3.05) is 31.1 Å². The van der Waals surface area contributed by atoms with Gasteiger partial charge in [-0.05, 0) is 38.3 Å². The van der Waals surface area contributed by atoms with Crippen LogP contribution in [0.2, 0.25) is 0 Å². The third kappa shape index (κ3) is 2.52. The van der Waals surface area contributed by atoms with Crippen LogP contribution in [0.15, 0.2) is 24.8 Å². The third-order valence-corrected chi connectivity index (χ3v) is 4.64. The predicted molar refractivity (Wildman–Crippen MR) is 82.0 cm³/mol. The van der Waals surface area contributed by atoms with E-state index >= 15 is 0 Å². The van der Waals surface area contributed by atoms with Gasteiger partial charge in [0.2, 0.25) is 5.91 Å². The number of rotatable bonds is 3. The van der Waals surface area contributed by atoms with Crippen LogP contribution in [0.5, 0.6) is 0 Å². The molecule has 2 aliphatic rings. The number of nitrogens with zero attached hydrogens (tertiary/aromatic N) is 4. The van der Waals surface area contributed by atoms with Gasteiger partial charge in [-0.2, -0.15) is 5.10 Å². The van der Waals surface area contributed by atoms with Gasteiger partial charge in [-0.15, -0.1) is 11.7 Å². The lowest BCUT2D eigenvalue weighted by molar-refractivity contribution is -0.136. The molecule has 0 aliphatic carbocycles. The van der Waals surface area contributed by atoms with Crippen molar-refractivity contribution in [3.8, 4) is 0 Å². The Bertz CT molecular complexity index is 542. The maximum absolute atomic E-state index is 12.7. The maximum atomic E-state index is 12.7. The summed E-state index contributed by atoms with van der Waals surface area (Å²) >= 11 is 0. The van der Waals surface area contributed by atoms with E-state index in [2.05, 4.69) is 21.7 Å². The molecule has 2 saturated heterocycles. The topological polar surface area (TPSA) is 49.3 Å². The molecule has 1 aromatic heterocycles. The van der Waals surface area contributed by atoms with Crippen LogP contribution in [-0.4, -0.2) is 47.2 Å². The summed E-state index contributed by atoms with van der Waals surface area (Å²) in [6.07, 6.45) is 4.76. The molecule has 1 spiro atoms. The van der Waals surface area contributed by atoms with Crippen molar-refractivity contribution >= 4 is 11.7 Å². The Kier molecular flexibility index (Phi) is 3.66. The van der Waals surface area contributed by atoms with E-state index in [9.17, 15) is 4.79 Å². The first-order valence-corrected chi connectivity index (χ1v) is 7.60. The Labute approximate surface area is 125 Å². The first-order valence-electron chi connectivity index (χ1n) is 7.60. The second kappa shape index (κ2) is 5.47. The van der Waals surface area contributed by atoms with Crippen LogP contribution in [0.25, 0.3) is 0 Å². The highest BCUT2D eigenvalue weighted by Crippen LogP contribution is 2.40. The van der Waals surface area contributed by atoms with E-state index in [-0.39, 0.29) is 11.3 Å². The van der Waals surface area contributed by atoms with Gasteiger partial charge in [-0.1, -0.05) is 6.08 Å². The molecule has 1 atom stereocenters. The number of anilines is 1. The molecule has 0 radical (unpaired) electrons. The molecule has 0 bridgehead atoms. The van der Waals surface area contributed by atoms with Crippen molar-refractivity contribution in [2.24, 2.45) is 5.41 Å². The fourth-order valence-electron chi connectivity index (χ4n) is 3.49. The van der Waals surface area contributed by atoms with E-state index in [4.69, 9.17) is 0 Å². The third-order valence-electron chi connectivity index (χ3n) is 4.64. The zero-order chi connectivity index (χ0) is 14.9. The molecule has 0 saturated carbocycles. The highest BCUT2D eigenvalue weighted by Gasteiger charge is 2.48. The van der Waals surface area contributed by atoms with Crippen LogP contribution in [0.4, 0.5) is 5.82 Å². The Hall–Kier alpha value is -1.91. The molecule has 0 N–H and O–H groups in total. The van der Waals surface area contributed by atoms with E-state index < -0.39 is 0 Å². The molecule has 112 valence electrons. The Morgan fingerprint density at radius 2 is 2.19 bits per heavy atom. The highest BCUT2D eigenvalue weighted by atomic mass is 16.2. The molecule has 3 rings (SSSR count). The SMILES string of the molecule is C=CCN1CC[C@@]2(CCCN(c3ccc(C)nn3)C2)C1=O. The molecular formula is C16H22N4O. The number of hydrogen-bond acceptors (Lipinski definition) is 4. The van der Waals surface area contributed by atoms with Gasteiger partial charge in [0.05, 0.1) is 11.1 Å². The normalized spacial score (nSPS) is 25.7. The van der Waals surface area contributed by atoms with Gasteiger partial charge in [-0.25, -0.2) is 0 Å². The van der Waals surface area contributed by atoms with E-state index in [0.29, 0.717) is 6.54 Å². The average molecular weight is 286 g/mol. The fraction of sp³-hybridized carbons (Fsp3) is 0.562. The van der Waals surface area contributed by atoms with Gasteiger partial charge >= 0.3 is 0 Å². The van der Waals surface area contributed by atoms with Gasteiger partial charge in [0.15, 0.2) is 5.82 Å². The van der Waals surface area contributed by atoms with Gasteiger partial charge in [0.25, 0.3) is 0 Å². The van der Waals surface area contributed by atoms with Crippen LogP contribution in [0.1, 0.15) is 25.0 Å². The molecule has 5 nitrogen and oxygen atoms in total. The van der Waals surface area contributed by atoms with E-state index in [1.54, 1.807) is 0 Å². The molecule has 0 unspecified atom stereocenters. The fourth-order valence-corrected chi connectivity index (χ4v) is 3.49. The number of aryl methyl sites for hydroxylation is 1. The molecule has 3 heterocycles. The summed E-state index contributed by atoms with van der Waals surface area (Å²) < 4.78 is 0. The summed E-state index contributed by atoms with van der Waals surface area (Å²) in [6, 6.07) is 3.98. The smallest absolute Gasteiger partial charge is 0.230 e. The number of carbonyl (C=O) groups is 1. The van der Waals surface area contributed by atoms with Crippen LogP contribution < -0.4 is 4.90 Å². The summed E-state index contributed by atoms with van der Waals surface area (Å²) in [5.41, 5.74) is 0.688. The summed E-state index contributed by atoms with van der Waals surface area (Å²) in [4.78, 5) is 16.9. The molecule has 2 aliphatic heterocycles. The lowest BCUT2D eigenvalue weighted by Gasteiger charge is -2.39. The predicted octanol–water partition coefficient (Wildman–Crippen LogP) is 1.79. The van der Waals surface area contributed by atoms with Gasteiger partial charge < -0.3 is 9.80 Å². The Morgan fingerprint density at radius 1 is 1.33 bits per heavy atom. The van der Waals surface area contributed by atoms with Crippen LogP contribution >= 0.6 is 0 Å². The van der Waals surface area contributed by atoms with Gasteiger partial charge in [0.1, 0.15) is 0 Å². The molecule has 2 fully saturated rings. The number of hydrogen-bond donors (Lipinski definition) is 0. The molecule has 1 aromatic rings. The zero-order valence-corrected chi connectivity index (χ0v) is 12.6. The van der Waals surface area contributed by atoms with Crippen LogP contribution in [0, 0.1) is 12.3 Å². The molecule has 5 heteroatoms. The first-order chi connectivity index (χ1) is 10.1. The minimum atomic E-state index is -0.228. The minimum absolute atomic E-state index is 0.228. The first kappa shape index (κ1) is 14.0. The average Bonchev–Trinajstić information content (AvgIpc) is 2.78. The minimum Gasteiger partial charge on any atom is -0.354 e. The second-order valence-electron chi connectivity index (χ2n) is 6.13. The lowest BCUT2D eigenvalue weighted by atomic mass is 9.78. The quantitative estimate of drug-likeness (QED) is 0.795. The Morgan fingerprint density at radius 3 is 2.90 bits per heavy atom. The van der Waals surface area contributed by atoms with E-state index in [0.717, 1.165) is 50.4 Å². The van der Waals surface area contributed by atoms with E-state index in [1.807, 2.05) is 30.0 Å². The van der Waals surface area contributed by atoms with Crippen LogP contribution in [0.3, 0.4) is 0 Å². The van der Waals surface area contributed by atoms with Crippen molar-refractivity contribution in [1.29, 1.82) is 0 Å². The Balaban J connectivity index is 1.78. The summed E-state index contributed by atoms with van der Waals surface area (Å²) in [6.45, 7) is 8.89. The number of aromatic nitrogens is 2. The van der Waals surface area contributed by atoms with E-state index in [1.165, 1.54) is 0 Å². The molecule has 21 heavy (non-hydrogen) atoms. The number of carbonyl (C=O) groups excluding carboxylic acids is 1. The summed E-state index contributed by atoms with van der Waals surface area (Å²) in [5.74, 6) is 1.17. The summed E-state index contributed by atoms with van der Waals surface area (Å²) in [5, 5.41) is 8.40. The number of amides is 1. The van der Waals surface area contributed by atoms with Crippen molar-refractivity contribution < 1.29 is 4.79 Å². The number of piperidine rings is 1.